The van der Waals surface area contributed by atoms with Crippen molar-refractivity contribution in [1.82, 2.24) is 0 Å². The Bertz CT molecular complexity index is 384. The van der Waals surface area contributed by atoms with E-state index in [1.165, 1.54) is 0 Å². The zero-order valence-corrected chi connectivity index (χ0v) is 10.6. The first-order valence-corrected chi connectivity index (χ1v) is 6.16. The highest BCUT2D eigenvalue weighted by Crippen LogP contribution is 2.23. The summed E-state index contributed by atoms with van der Waals surface area (Å²) in [6.45, 7) is 0. The van der Waals surface area contributed by atoms with Gasteiger partial charge in [-0.1, -0.05) is 30.2 Å². The van der Waals surface area contributed by atoms with Crippen molar-refractivity contribution < 1.29 is 13.2 Å². The van der Waals surface area contributed by atoms with Crippen molar-refractivity contribution in [3.63, 3.8) is 0 Å². The zero-order chi connectivity index (χ0) is 13.6. The highest BCUT2D eigenvalue weighted by atomic mass is 35.5. The molecule has 0 fully saturated rings. The summed E-state index contributed by atoms with van der Waals surface area (Å²) in [5.41, 5.74) is 1.22. The molecular weight excluding hydrogens is 263 g/mol. The van der Waals surface area contributed by atoms with Gasteiger partial charge >= 0.3 is 6.18 Å². The molecule has 1 aromatic rings. The monoisotopic (exact) mass is 277 g/mol. The molecule has 0 atom stereocenters. The first-order valence-electron chi connectivity index (χ1n) is 5.78. The SMILES string of the molecule is N=C(CCCCCC(F)(F)F)c1ccc(Cl)cc1. The molecule has 1 N–H and O–H groups in total. The van der Waals surface area contributed by atoms with E-state index in [1.807, 2.05) is 0 Å². The predicted octanol–water partition coefficient (Wildman–Crippen LogP) is 5.22. The van der Waals surface area contributed by atoms with E-state index in [0.717, 1.165) is 5.56 Å². The van der Waals surface area contributed by atoms with Gasteiger partial charge in [0, 0.05) is 17.2 Å². The lowest BCUT2D eigenvalue weighted by Crippen LogP contribution is -2.06. The molecule has 0 amide bonds. The number of halogens is 4. The normalized spacial score (nSPS) is 11.6. The van der Waals surface area contributed by atoms with E-state index in [1.54, 1.807) is 24.3 Å². The Hall–Kier alpha value is -1.03. The number of hydrogen-bond donors (Lipinski definition) is 1. The number of unbranched alkanes of at least 4 members (excludes halogenated alkanes) is 2. The third kappa shape index (κ3) is 6.05. The van der Waals surface area contributed by atoms with Crippen LogP contribution in [-0.4, -0.2) is 11.9 Å². The minimum atomic E-state index is -4.07. The van der Waals surface area contributed by atoms with Gasteiger partial charge in [0.2, 0.25) is 0 Å². The van der Waals surface area contributed by atoms with Gasteiger partial charge < -0.3 is 5.41 Å². The van der Waals surface area contributed by atoms with Crippen LogP contribution in [0.5, 0.6) is 0 Å². The average Bonchev–Trinajstić information content (AvgIpc) is 2.27. The summed E-state index contributed by atoms with van der Waals surface area (Å²) >= 11 is 5.73. The second kappa shape index (κ2) is 6.78. The molecule has 18 heavy (non-hydrogen) atoms. The maximum atomic E-state index is 11.9. The molecule has 0 aliphatic rings. The van der Waals surface area contributed by atoms with Crippen molar-refractivity contribution in [3.05, 3.63) is 34.9 Å². The fourth-order valence-electron chi connectivity index (χ4n) is 1.60. The molecule has 0 saturated heterocycles. The Balaban J connectivity index is 2.24. The molecule has 0 bridgehead atoms. The molecule has 1 aromatic carbocycles. The number of benzene rings is 1. The van der Waals surface area contributed by atoms with Crippen LogP contribution in [0.1, 0.15) is 37.7 Å². The van der Waals surface area contributed by atoms with Crippen LogP contribution in [0, 0.1) is 5.41 Å². The molecule has 0 radical (unpaired) electrons. The van der Waals surface area contributed by atoms with Crippen molar-refractivity contribution in [2.45, 2.75) is 38.3 Å². The van der Waals surface area contributed by atoms with Gasteiger partial charge in [-0.2, -0.15) is 13.2 Å². The molecule has 0 aromatic heterocycles. The van der Waals surface area contributed by atoms with E-state index in [-0.39, 0.29) is 6.42 Å². The Morgan fingerprint density at radius 3 is 2.22 bits per heavy atom. The molecule has 0 aliphatic heterocycles. The second-order valence-electron chi connectivity index (χ2n) is 4.16. The van der Waals surface area contributed by atoms with E-state index in [9.17, 15) is 13.2 Å². The van der Waals surface area contributed by atoms with Gasteiger partial charge in [0.25, 0.3) is 0 Å². The Morgan fingerprint density at radius 2 is 1.67 bits per heavy atom. The van der Waals surface area contributed by atoms with Crippen LogP contribution in [0.2, 0.25) is 5.02 Å². The largest absolute Gasteiger partial charge is 0.389 e. The molecule has 100 valence electrons. The summed E-state index contributed by atoms with van der Waals surface area (Å²) in [7, 11) is 0. The number of hydrogen-bond acceptors (Lipinski definition) is 1. The van der Waals surface area contributed by atoms with Crippen LogP contribution in [0.15, 0.2) is 24.3 Å². The molecule has 0 saturated carbocycles. The van der Waals surface area contributed by atoms with Gasteiger partial charge in [-0.25, -0.2) is 0 Å². The number of alkyl halides is 3. The minimum Gasteiger partial charge on any atom is -0.305 e. The second-order valence-corrected chi connectivity index (χ2v) is 4.60. The lowest BCUT2D eigenvalue weighted by molar-refractivity contribution is -0.135. The Kier molecular flexibility index (Phi) is 5.66. The van der Waals surface area contributed by atoms with E-state index < -0.39 is 12.6 Å². The van der Waals surface area contributed by atoms with E-state index in [0.29, 0.717) is 30.0 Å². The summed E-state index contributed by atoms with van der Waals surface area (Å²) in [5, 5.41) is 8.40. The van der Waals surface area contributed by atoms with E-state index >= 15 is 0 Å². The van der Waals surface area contributed by atoms with Crippen LogP contribution in [0.4, 0.5) is 13.2 Å². The predicted molar refractivity (Wildman–Crippen MR) is 67.4 cm³/mol. The molecular formula is C13H15ClF3N. The fourth-order valence-corrected chi connectivity index (χ4v) is 1.73. The van der Waals surface area contributed by atoms with Gasteiger partial charge in [0.05, 0.1) is 0 Å². The Labute approximate surface area is 109 Å². The minimum absolute atomic E-state index is 0.136. The first-order chi connectivity index (χ1) is 8.38. The van der Waals surface area contributed by atoms with Crippen molar-refractivity contribution >= 4 is 17.3 Å². The molecule has 1 nitrogen and oxygen atoms in total. The first kappa shape index (κ1) is 15.0. The molecule has 5 heteroatoms. The topological polar surface area (TPSA) is 23.9 Å². The maximum absolute atomic E-state index is 11.9. The molecule has 0 spiro atoms. The number of rotatable bonds is 6. The summed E-state index contributed by atoms with van der Waals surface area (Å²) in [5.74, 6) is 0. The Morgan fingerprint density at radius 1 is 1.06 bits per heavy atom. The quantitative estimate of drug-likeness (QED) is 0.544. The van der Waals surface area contributed by atoms with Crippen LogP contribution in [0.3, 0.4) is 0 Å². The standard InChI is InChI=1S/C13H15ClF3N/c14-11-7-5-10(6-8-11)12(18)4-2-1-3-9-13(15,16)17/h5-8,18H,1-4,9H2. The van der Waals surface area contributed by atoms with Gasteiger partial charge in [0.15, 0.2) is 0 Å². The molecule has 0 unspecified atom stereocenters. The lowest BCUT2D eigenvalue weighted by Gasteiger charge is -2.06. The van der Waals surface area contributed by atoms with Crippen LogP contribution >= 0.6 is 11.6 Å². The van der Waals surface area contributed by atoms with Crippen molar-refractivity contribution in [3.8, 4) is 0 Å². The van der Waals surface area contributed by atoms with Gasteiger partial charge in [-0.3, -0.25) is 0 Å². The number of nitrogens with one attached hydrogen (secondary N) is 1. The third-order valence-electron chi connectivity index (χ3n) is 2.58. The van der Waals surface area contributed by atoms with Crippen molar-refractivity contribution in [2.24, 2.45) is 0 Å². The summed E-state index contributed by atoms with van der Waals surface area (Å²) in [4.78, 5) is 0. The highest BCUT2D eigenvalue weighted by molar-refractivity contribution is 6.30. The van der Waals surface area contributed by atoms with Crippen LogP contribution in [-0.2, 0) is 0 Å². The molecule has 1 rings (SSSR count). The zero-order valence-electron chi connectivity index (χ0n) is 9.86. The van der Waals surface area contributed by atoms with Gasteiger partial charge in [-0.05, 0) is 37.0 Å². The van der Waals surface area contributed by atoms with Crippen LogP contribution in [0.25, 0.3) is 0 Å². The molecule has 0 heterocycles. The van der Waals surface area contributed by atoms with Gasteiger partial charge in [0.1, 0.15) is 0 Å². The lowest BCUT2D eigenvalue weighted by atomic mass is 10.0. The summed E-state index contributed by atoms with van der Waals surface area (Å²) in [6.07, 6.45) is -3.06. The highest BCUT2D eigenvalue weighted by Gasteiger charge is 2.25. The maximum Gasteiger partial charge on any atom is 0.389 e. The van der Waals surface area contributed by atoms with Crippen molar-refractivity contribution in [2.75, 3.05) is 0 Å². The average molecular weight is 278 g/mol. The van der Waals surface area contributed by atoms with Crippen molar-refractivity contribution in [1.29, 1.82) is 5.41 Å². The van der Waals surface area contributed by atoms with Gasteiger partial charge in [-0.15, -0.1) is 0 Å². The smallest absolute Gasteiger partial charge is 0.305 e. The van der Waals surface area contributed by atoms with Crippen LogP contribution < -0.4 is 0 Å². The summed E-state index contributed by atoms with van der Waals surface area (Å²) in [6, 6.07) is 6.91. The third-order valence-corrected chi connectivity index (χ3v) is 2.83. The van der Waals surface area contributed by atoms with E-state index in [4.69, 9.17) is 17.0 Å². The van der Waals surface area contributed by atoms with E-state index in [2.05, 4.69) is 0 Å². The fraction of sp³-hybridized carbons (Fsp3) is 0.462. The molecule has 0 aliphatic carbocycles. The summed E-state index contributed by atoms with van der Waals surface area (Å²) < 4.78 is 35.7.